The molecule has 1 aromatic carbocycles. The highest BCUT2D eigenvalue weighted by Crippen LogP contribution is 2.29. The summed E-state index contributed by atoms with van der Waals surface area (Å²) in [4.78, 5) is 9.54. The minimum Gasteiger partial charge on any atom is -0.386 e. The lowest BCUT2D eigenvalue weighted by Crippen LogP contribution is -2.17. The van der Waals surface area contributed by atoms with Gasteiger partial charge in [-0.15, -0.1) is 0 Å². The van der Waals surface area contributed by atoms with Crippen LogP contribution in [0.3, 0.4) is 0 Å². The van der Waals surface area contributed by atoms with Gasteiger partial charge in [0.25, 0.3) is 0 Å². The van der Waals surface area contributed by atoms with E-state index < -0.39 is 6.10 Å². The minimum absolute atomic E-state index is 0.365. The van der Waals surface area contributed by atoms with Crippen molar-refractivity contribution in [3.8, 4) is 11.4 Å². The highest BCUT2D eigenvalue weighted by atomic mass is 35.5. The number of nitrogens with zero attached hydrogens (tertiary/aromatic N) is 4. The van der Waals surface area contributed by atoms with E-state index >= 15 is 0 Å². The van der Waals surface area contributed by atoms with Gasteiger partial charge in [-0.05, 0) is 37.8 Å². The molecule has 2 N–H and O–H groups in total. The van der Waals surface area contributed by atoms with Crippen molar-refractivity contribution >= 4 is 17.4 Å². The fraction of sp³-hybridized carbons (Fsp3) is 0.350. The number of fused-ring (bicyclic) bond motifs is 1. The Morgan fingerprint density at radius 3 is 2.89 bits per heavy atom. The summed E-state index contributed by atoms with van der Waals surface area (Å²) < 4.78 is 1.68. The number of aliphatic hydroxyl groups excluding tert-OH is 1. The van der Waals surface area contributed by atoms with E-state index in [1.807, 2.05) is 37.5 Å². The number of benzene rings is 1. The van der Waals surface area contributed by atoms with Crippen LogP contribution in [0.15, 0.2) is 36.7 Å². The number of hydrogen-bond acceptors (Lipinski definition) is 5. The van der Waals surface area contributed by atoms with E-state index in [2.05, 4.69) is 10.4 Å². The maximum Gasteiger partial charge on any atom is 0.161 e. The summed E-state index contributed by atoms with van der Waals surface area (Å²) in [5, 5.41) is 18.6. The van der Waals surface area contributed by atoms with Gasteiger partial charge in [0.1, 0.15) is 5.82 Å². The van der Waals surface area contributed by atoms with Crippen molar-refractivity contribution in [2.45, 2.75) is 31.8 Å². The molecule has 0 amide bonds. The first-order valence-electron chi connectivity index (χ1n) is 9.16. The van der Waals surface area contributed by atoms with Crippen molar-refractivity contribution < 1.29 is 5.11 Å². The average molecular weight is 384 g/mol. The van der Waals surface area contributed by atoms with Gasteiger partial charge in [0.2, 0.25) is 0 Å². The van der Waals surface area contributed by atoms with Crippen LogP contribution < -0.4 is 5.32 Å². The molecule has 1 aliphatic rings. The molecule has 4 rings (SSSR count). The number of aliphatic hydroxyl groups is 1. The van der Waals surface area contributed by atoms with Crippen molar-refractivity contribution in [3.63, 3.8) is 0 Å². The summed E-state index contributed by atoms with van der Waals surface area (Å²) >= 11 is 6.14. The van der Waals surface area contributed by atoms with E-state index in [0.717, 1.165) is 53.9 Å². The quantitative estimate of drug-likeness (QED) is 0.704. The van der Waals surface area contributed by atoms with E-state index in [1.54, 1.807) is 10.9 Å². The minimum atomic E-state index is -0.650. The van der Waals surface area contributed by atoms with Gasteiger partial charge in [-0.1, -0.05) is 23.7 Å². The van der Waals surface area contributed by atoms with Crippen LogP contribution in [0.4, 0.5) is 5.82 Å². The van der Waals surface area contributed by atoms with Crippen LogP contribution >= 0.6 is 11.6 Å². The second kappa shape index (κ2) is 7.66. The lowest BCUT2D eigenvalue weighted by molar-refractivity contribution is 0.191. The molecule has 3 aromatic rings. The summed E-state index contributed by atoms with van der Waals surface area (Å²) in [6.45, 7) is 0.365. The van der Waals surface area contributed by atoms with Crippen LogP contribution in [0.1, 0.15) is 35.8 Å². The Kier molecular flexibility index (Phi) is 5.09. The second-order valence-corrected chi connectivity index (χ2v) is 7.32. The molecule has 2 heterocycles. The molecular formula is C20H22ClN5O. The van der Waals surface area contributed by atoms with Crippen molar-refractivity contribution in [3.05, 3.63) is 58.5 Å². The van der Waals surface area contributed by atoms with Gasteiger partial charge in [-0.3, -0.25) is 4.68 Å². The highest BCUT2D eigenvalue weighted by molar-refractivity contribution is 6.30. The molecular weight excluding hydrogens is 362 g/mol. The van der Waals surface area contributed by atoms with Gasteiger partial charge in [0.05, 0.1) is 12.3 Å². The molecule has 0 saturated heterocycles. The number of halogens is 1. The number of rotatable bonds is 5. The Morgan fingerprint density at radius 2 is 2.11 bits per heavy atom. The van der Waals surface area contributed by atoms with Gasteiger partial charge in [-0.2, -0.15) is 5.10 Å². The molecule has 140 valence electrons. The number of aromatic nitrogens is 4. The number of anilines is 1. The predicted octanol–water partition coefficient (Wildman–Crippen LogP) is 3.55. The third-order valence-electron chi connectivity index (χ3n) is 4.84. The third-order valence-corrected chi connectivity index (χ3v) is 5.07. The van der Waals surface area contributed by atoms with E-state index in [4.69, 9.17) is 21.6 Å². The largest absolute Gasteiger partial charge is 0.386 e. The lowest BCUT2D eigenvalue weighted by Gasteiger charge is -2.21. The average Bonchev–Trinajstić information content (AvgIpc) is 3.12. The topological polar surface area (TPSA) is 75.9 Å². The highest BCUT2D eigenvalue weighted by Gasteiger charge is 2.19. The molecule has 1 unspecified atom stereocenters. The fourth-order valence-electron chi connectivity index (χ4n) is 3.42. The third kappa shape index (κ3) is 3.96. The van der Waals surface area contributed by atoms with Crippen molar-refractivity contribution in [2.75, 3.05) is 11.9 Å². The summed E-state index contributed by atoms with van der Waals surface area (Å²) in [6.07, 6.45) is 7.02. The van der Waals surface area contributed by atoms with Crippen molar-refractivity contribution in [1.82, 2.24) is 19.7 Å². The fourth-order valence-corrected chi connectivity index (χ4v) is 3.61. The Labute approximate surface area is 163 Å². The van der Waals surface area contributed by atoms with Gasteiger partial charge < -0.3 is 10.4 Å². The first kappa shape index (κ1) is 17.9. The van der Waals surface area contributed by atoms with Crippen LogP contribution in [0, 0.1) is 0 Å². The molecule has 2 aromatic heterocycles. The summed E-state index contributed by atoms with van der Waals surface area (Å²) in [5.74, 6) is 1.47. The van der Waals surface area contributed by atoms with Crippen molar-refractivity contribution in [2.24, 2.45) is 7.05 Å². The maximum atomic E-state index is 10.4. The standard InChI is InChI=1S/C20H22ClN5O/c1-26-12-14(10-23-26)18(27)11-22-20-16-7-2-3-8-17(16)24-19(25-20)13-5-4-6-15(21)9-13/h4-6,9-10,12,18,27H,2-3,7-8,11H2,1H3,(H,22,24,25). The van der Waals surface area contributed by atoms with Crippen LogP contribution in [0.2, 0.25) is 5.02 Å². The first-order valence-corrected chi connectivity index (χ1v) is 9.54. The normalized spacial score (nSPS) is 14.6. The molecule has 6 nitrogen and oxygen atoms in total. The van der Waals surface area contributed by atoms with Gasteiger partial charge in [0.15, 0.2) is 5.82 Å². The molecule has 0 bridgehead atoms. The zero-order valence-electron chi connectivity index (χ0n) is 15.2. The molecule has 27 heavy (non-hydrogen) atoms. The van der Waals surface area contributed by atoms with E-state index in [0.29, 0.717) is 17.4 Å². The summed E-state index contributed by atoms with van der Waals surface area (Å²) in [6, 6.07) is 7.58. The van der Waals surface area contributed by atoms with Crippen LogP contribution in [-0.4, -0.2) is 31.4 Å². The Morgan fingerprint density at radius 1 is 1.26 bits per heavy atom. The zero-order valence-corrected chi connectivity index (χ0v) is 15.9. The number of hydrogen-bond donors (Lipinski definition) is 2. The van der Waals surface area contributed by atoms with E-state index in [9.17, 15) is 5.11 Å². The SMILES string of the molecule is Cn1cc(C(O)CNc2nc(-c3cccc(Cl)c3)nc3c2CCCC3)cn1. The smallest absolute Gasteiger partial charge is 0.161 e. The predicted molar refractivity (Wildman–Crippen MR) is 106 cm³/mol. The number of aryl methyl sites for hydroxylation is 2. The zero-order chi connectivity index (χ0) is 18.8. The van der Waals surface area contributed by atoms with E-state index in [-0.39, 0.29) is 0 Å². The van der Waals surface area contributed by atoms with Crippen LogP contribution in [0.25, 0.3) is 11.4 Å². The van der Waals surface area contributed by atoms with Gasteiger partial charge >= 0.3 is 0 Å². The summed E-state index contributed by atoms with van der Waals surface area (Å²) in [7, 11) is 1.84. The molecule has 0 saturated carbocycles. The second-order valence-electron chi connectivity index (χ2n) is 6.88. The Bertz CT molecular complexity index is 955. The monoisotopic (exact) mass is 383 g/mol. The van der Waals surface area contributed by atoms with E-state index in [1.165, 1.54) is 0 Å². The van der Waals surface area contributed by atoms with Gasteiger partial charge in [0, 0.05) is 47.2 Å². The van der Waals surface area contributed by atoms with Crippen molar-refractivity contribution in [1.29, 1.82) is 0 Å². The molecule has 0 spiro atoms. The first-order chi connectivity index (χ1) is 13.1. The Balaban J connectivity index is 1.63. The van der Waals surface area contributed by atoms with Crippen LogP contribution in [-0.2, 0) is 19.9 Å². The van der Waals surface area contributed by atoms with Gasteiger partial charge in [-0.25, -0.2) is 9.97 Å². The molecule has 7 heteroatoms. The number of nitrogens with one attached hydrogen (secondary N) is 1. The molecule has 0 radical (unpaired) electrons. The molecule has 1 atom stereocenters. The molecule has 1 aliphatic carbocycles. The van der Waals surface area contributed by atoms with Crippen LogP contribution in [0.5, 0.6) is 0 Å². The molecule has 0 aliphatic heterocycles. The lowest BCUT2D eigenvalue weighted by atomic mass is 9.96. The molecule has 0 fully saturated rings. The Hall–Kier alpha value is -2.44. The maximum absolute atomic E-state index is 10.4. The summed E-state index contributed by atoms with van der Waals surface area (Å²) in [5.41, 5.74) is 3.92.